The maximum atomic E-state index is 11.6. The number of nitrogens with one attached hydrogen (secondary N) is 2. The van der Waals surface area contributed by atoms with Crippen molar-refractivity contribution in [2.24, 2.45) is 0 Å². The highest BCUT2D eigenvalue weighted by atomic mass is 16.5. The molecule has 1 rings (SSSR count). The summed E-state index contributed by atoms with van der Waals surface area (Å²) in [6.45, 7) is 2.30. The number of methoxy groups -OCH3 is 1. The molecule has 0 radical (unpaired) electrons. The van der Waals surface area contributed by atoms with E-state index in [2.05, 4.69) is 10.6 Å². The van der Waals surface area contributed by atoms with Crippen molar-refractivity contribution in [1.82, 2.24) is 10.6 Å². The molecule has 0 aliphatic heterocycles. The van der Waals surface area contributed by atoms with Gasteiger partial charge in [-0.15, -0.1) is 0 Å². The highest BCUT2D eigenvalue weighted by Gasteiger charge is 2.37. The molecule has 0 aromatic carbocycles. The smallest absolute Gasteiger partial charge is 0.326 e. The summed E-state index contributed by atoms with van der Waals surface area (Å²) in [5, 5.41) is 14.1. The Balaban J connectivity index is 2.33. The molecule has 0 unspecified atom stereocenters. The first kappa shape index (κ1) is 14.8. The van der Waals surface area contributed by atoms with Crippen LogP contribution >= 0.6 is 0 Å². The molecule has 1 aliphatic rings. The quantitative estimate of drug-likeness (QED) is 0.638. The average Bonchev–Trinajstić information content (AvgIpc) is 2.27. The number of carbonyl (C=O) groups excluding carboxylic acids is 1. The average molecular weight is 258 g/mol. The van der Waals surface area contributed by atoms with Crippen molar-refractivity contribution >= 4 is 12.0 Å². The molecule has 0 saturated heterocycles. The van der Waals surface area contributed by atoms with Crippen LogP contribution in [0.4, 0.5) is 4.79 Å². The van der Waals surface area contributed by atoms with Crippen molar-refractivity contribution in [2.45, 2.75) is 50.7 Å². The summed E-state index contributed by atoms with van der Waals surface area (Å²) in [6, 6.07) is -1.27. The summed E-state index contributed by atoms with van der Waals surface area (Å²) in [7, 11) is 1.63. The van der Waals surface area contributed by atoms with Crippen LogP contribution in [0.5, 0.6) is 0 Å². The minimum atomic E-state index is -1.00. The highest BCUT2D eigenvalue weighted by molar-refractivity contribution is 5.82. The molecular formula is C12H22N2O4. The molecule has 3 N–H and O–H groups in total. The van der Waals surface area contributed by atoms with Crippen LogP contribution in [0.3, 0.4) is 0 Å². The lowest BCUT2D eigenvalue weighted by Gasteiger charge is -2.40. The first-order valence-electron chi connectivity index (χ1n) is 6.35. The first-order valence-corrected chi connectivity index (χ1v) is 6.35. The van der Waals surface area contributed by atoms with Crippen molar-refractivity contribution in [1.29, 1.82) is 0 Å². The standard InChI is InChI=1S/C12H22N2O4/c1-3-5-9(10(15)16)14-11(17)13-8-12(18-2)6-4-7-12/h9H,3-8H2,1-2H3,(H,15,16)(H2,13,14,17)/t9-/m0/s1. The molecule has 1 fully saturated rings. The van der Waals surface area contributed by atoms with Crippen LogP contribution < -0.4 is 10.6 Å². The molecule has 0 aromatic heterocycles. The van der Waals surface area contributed by atoms with Crippen LogP contribution in [-0.2, 0) is 9.53 Å². The van der Waals surface area contributed by atoms with Gasteiger partial charge in [-0.05, 0) is 25.7 Å². The minimum absolute atomic E-state index is 0.249. The molecule has 1 saturated carbocycles. The zero-order valence-corrected chi connectivity index (χ0v) is 11.0. The lowest BCUT2D eigenvalue weighted by atomic mass is 9.80. The summed E-state index contributed by atoms with van der Waals surface area (Å²) < 4.78 is 5.37. The maximum absolute atomic E-state index is 11.6. The Kier molecular flexibility index (Phi) is 5.40. The number of hydrogen-bond donors (Lipinski definition) is 3. The van der Waals surface area contributed by atoms with Crippen LogP contribution in [0.15, 0.2) is 0 Å². The molecule has 6 nitrogen and oxygen atoms in total. The Morgan fingerprint density at radius 1 is 1.44 bits per heavy atom. The summed E-state index contributed by atoms with van der Waals surface area (Å²) in [5.41, 5.74) is -0.249. The van der Waals surface area contributed by atoms with Gasteiger partial charge < -0.3 is 20.5 Å². The van der Waals surface area contributed by atoms with Gasteiger partial charge in [0.05, 0.1) is 5.60 Å². The molecule has 6 heteroatoms. The van der Waals surface area contributed by atoms with Gasteiger partial charge in [0.1, 0.15) is 6.04 Å². The number of amides is 2. The monoisotopic (exact) mass is 258 g/mol. The minimum Gasteiger partial charge on any atom is -0.480 e. The van der Waals surface area contributed by atoms with Gasteiger partial charge >= 0.3 is 12.0 Å². The van der Waals surface area contributed by atoms with Crippen molar-refractivity contribution in [3.8, 4) is 0 Å². The molecule has 1 aliphatic carbocycles. The molecule has 0 bridgehead atoms. The van der Waals surface area contributed by atoms with Crippen molar-refractivity contribution in [3.63, 3.8) is 0 Å². The Hall–Kier alpha value is -1.30. The van der Waals surface area contributed by atoms with E-state index in [4.69, 9.17) is 9.84 Å². The maximum Gasteiger partial charge on any atom is 0.326 e. The zero-order chi connectivity index (χ0) is 13.6. The fourth-order valence-corrected chi connectivity index (χ4v) is 2.02. The van der Waals surface area contributed by atoms with E-state index in [1.807, 2.05) is 6.92 Å². The van der Waals surface area contributed by atoms with Gasteiger partial charge in [0, 0.05) is 13.7 Å². The van der Waals surface area contributed by atoms with Crippen molar-refractivity contribution in [2.75, 3.05) is 13.7 Å². The van der Waals surface area contributed by atoms with Crippen molar-refractivity contribution < 1.29 is 19.4 Å². The van der Waals surface area contributed by atoms with E-state index in [9.17, 15) is 9.59 Å². The molecule has 1 atom stereocenters. The number of rotatable bonds is 7. The topological polar surface area (TPSA) is 87.7 Å². The third kappa shape index (κ3) is 3.87. The van der Waals surface area contributed by atoms with E-state index in [1.54, 1.807) is 7.11 Å². The van der Waals surface area contributed by atoms with Crippen LogP contribution in [0.25, 0.3) is 0 Å². The SMILES string of the molecule is CCC[C@H](NC(=O)NCC1(OC)CCC1)C(=O)O. The fraction of sp³-hybridized carbons (Fsp3) is 0.833. The number of ether oxygens (including phenoxy) is 1. The third-order valence-corrected chi connectivity index (χ3v) is 3.45. The fourth-order valence-electron chi connectivity index (χ4n) is 2.02. The van der Waals surface area contributed by atoms with E-state index in [0.29, 0.717) is 19.4 Å². The predicted molar refractivity (Wildman–Crippen MR) is 66.5 cm³/mol. The number of aliphatic carboxylic acids is 1. The van der Waals surface area contributed by atoms with E-state index in [0.717, 1.165) is 19.3 Å². The molecule has 0 aromatic rings. The number of carboxylic acids is 1. The zero-order valence-electron chi connectivity index (χ0n) is 11.0. The van der Waals surface area contributed by atoms with Gasteiger partial charge in [-0.3, -0.25) is 0 Å². The molecule has 104 valence electrons. The lowest BCUT2D eigenvalue weighted by Crippen LogP contribution is -2.53. The number of hydrogen-bond acceptors (Lipinski definition) is 3. The van der Waals surface area contributed by atoms with Gasteiger partial charge in [-0.25, -0.2) is 9.59 Å². The predicted octanol–water partition coefficient (Wildman–Crippen LogP) is 1.11. The Bertz CT molecular complexity index is 297. The number of carboxylic acid groups (broad SMARTS) is 1. The summed E-state index contributed by atoms with van der Waals surface area (Å²) in [6.07, 6.45) is 4.10. The van der Waals surface area contributed by atoms with E-state index >= 15 is 0 Å². The van der Waals surface area contributed by atoms with E-state index < -0.39 is 18.0 Å². The lowest BCUT2D eigenvalue weighted by molar-refractivity contribution is -0.139. The van der Waals surface area contributed by atoms with Gasteiger partial charge in [-0.1, -0.05) is 13.3 Å². The normalized spacial score (nSPS) is 18.6. The second kappa shape index (κ2) is 6.58. The number of urea groups is 1. The molecule has 0 heterocycles. The van der Waals surface area contributed by atoms with Crippen LogP contribution in [0.1, 0.15) is 39.0 Å². The van der Waals surface area contributed by atoms with Gasteiger partial charge in [0.25, 0.3) is 0 Å². The van der Waals surface area contributed by atoms with Gasteiger partial charge in [0.2, 0.25) is 0 Å². The molecule has 18 heavy (non-hydrogen) atoms. The third-order valence-electron chi connectivity index (χ3n) is 3.45. The van der Waals surface area contributed by atoms with Crippen LogP contribution in [0, 0.1) is 0 Å². The van der Waals surface area contributed by atoms with Gasteiger partial charge in [0.15, 0.2) is 0 Å². The van der Waals surface area contributed by atoms with Crippen LogP contribution in [0.2, 0.25) is 0 Å². The van der Waals surface area contributed by atoms with E-state index in [1.165, 1.54) is 0 Å². The van der Waals surface area contributed by atoms with Crippen LogP contribution in [-0.4, -0.2) is 42.4 Å². The van der Waals surface area contributed by atoms with Gasteiger partial charge in [-0.2, -0.15) is 0 Å². The Labute approximate surface area is 107 Å². The first-order chi connectivity index (χ1) is 8.53. The molecule has 2 amide bonds. The van der Waals surface area contributed by atoms with E-state index in [-0.39, 0.29) is 5.60 Å². The molecule has 0 spiro atoms. The number of carbonyl (C=O) groups is 2. The molecular weight excluding hydrogens is 236 g/mol. The second-order valence-corrected chi connectivity index (χ2v) is 4.75. The van der Waals surface area contributed by atoms with Crippen molar-refractivity contribution in [3.05, 3.63) is 0 Å². The highest BCUT2D eigenvalue weighted by Crippen LogP contribution is 2.34. The summed E-state index contributed by atoms with van der Waals surface area (Å²) in [4.78, 5) is 22.5. The second-order valence-electron chi connectivity index (χ2n) is 4.75. The summed E-state index contributed by atoms with van der Waals surface area (Å²) >= 11 is 0. The Morgan fingerprint density at radius 2 is 2.11 bits per heavy atom. The largest absolute Gasteiger partial charge is 0.480 e. The Morgan fingerprint density at radius 3 is 2.50 bits per heavy atom. The summed E-state index contributed by atoms with van der Waals surface area (Å²) in [5.74, 6) is -1.00.